The van der Waals surface area contributed by atoms with Gasteiger partial charge in [-0.2, -0.15) is 5.10 Å². The maximum atomic E-state index is 12.3. The minimum Gasteiger partial charge on any atom is -0.451 e. The second kappa shape index (κ2) is 7.36. The highest BCUT2D eigenvalue weighted by molar-refractivity contribution is 6.08. The zero-order valence-corrected chi connectivity index (χ0v) is 15.1. The maximum absolute atomic E-state index is 12.3. The number of fused-ring (bicyclic) bond motifs is 3. The van der Waals surface area contributed by atoms with Crippen LogP contribution in [0.2, 0.25) is 0 Å². The van der Waals surface area contributed by atoms with Crippen LogP contribution < -0.4 is 10.7 Å². The van der Waals surface area contributed by atoms with Gasteiger partial charge in [0.2, 0.25) is 5.91 Å². The molecular weight excluding hydrogens is 354 g/mol. The minimum atomic E-state index is -0.425. The number of hydrogen-bond acceptors (Lipinski definition) is 4. The summed E-state index contributed by atoms with van der Waals surface area (Å²) in [4.78, 5) is 23.4. The van der Waals surface area contributed by atoms with E-state index in [1.165, 1.54) is 13.1 Å². The van der Waals surface area contributed by atoms with E-state index in [9.17, 15) is 9.59 Å². The van der Waals surface area contributed by atoms with E-state index in [0.29, 0.717) is 11.3 Å². The standard InChI is InChI=1S/C22H17N3O3/c1-14(26)24-17-9-6-15(7-10-17)13-23-25-22(27)21-12-19-18-5-3-2-4-16(18)8-11-20(19)28-21/h2-13H,1H3,(H,24,26)(H,25,27)/b23-13+. The fourth-order valence-corrected chi connectivity index (χ4v) is 2.98. The zero-order chi connectivity index (χ0) is 19.5. The first kappa shape index (κ1) is 17.5. The van der Waals surface area contributed by atoms with Gasteiger partial charge in [-0.25, -0.2) is 5.43 Å². The van der Waals surface area contributed by atoms with Crippen LogP contribution in [0.5, 0.6) is 0 Å². The number of nitrogens with one attached hydrogen (secondary N) is 2. The summed E-state index contributed by atoms with van der Waals surface area (Å²) in [6, 6.07) is 20.6. The molecule has 6 heteroatoms. The Balaban J connectivity index is 1.48. The molecule has 0 aliphatic heterocycles. The van der Waals surface area contributed by atoms with E-state index in [2.05, 4.69) is 15.8 Å². The van der Waals surface area contributed by atoms with Crippen molar-refractivity contribution < 1.29 is 14.0 Å². The molecule has 1 aromatic heterocycles. The molecule has 4 aromatic rings. The van der Waals surface area contributed by atoms with Crippen molar-refractivity contribution in [2.24, 2.45) is 5.10 Å². The Morgan fingerprint density at radius 1 is 0.964 bits per heavy atom. The summed E-state index contributed by atoms with van der Waals surface area (Å²) in [6.45, 7) is 1.45. The average molecular weight is 371 g/mol. The van der Waals surface area contributed by atoms with Gasteiger partial charge in [0, 0.05) is 18.0 Å². The Bertz CT molecular complexity index is 1210. The lowest BCUT2D eigenvalue weighted by Crippen LogP contribution is -2.16. The molecule has 0 radical (unpaired) electrons. The second-order valence-corrected chi connectivity index (χ2v) is 6.31. The van der Waals surface area contributed by atoms with Crippen molar-refractivity contribution in [3.05, 3.63) is 78.1 Å². The predicted octanol–water partition coefficient (Wildman–Crippen LogP) is 4.31. The number of benzene rings is 3. The topological polar surface area (TPSA) is 83.7 Å². The zero-order valence-electron chi connectivity index (χ0n) is 15.1. The maximum Gasteiger partial charge on any atom is 0.307 e. The first-order valence-corrected chi connectivity index (χ1v) is 8.72. The smallest absolute Gasteiger partial charge is 0.307 e. The number of amides is 2. The lowest BCUT2D eigenvalue weighted by molar-refractivity contribution is -0.114. The summed E-state index contributed by atoms with van der Waals surface area (Å²) in [7, 11) is 0. The molecule has 0 aliphatic carbocycles. The van der Waals surface area contributed by atoms with Gasteiger partial charge in [0.15, 0.2) is 5.76 Å². The van der Waals surface area contributed by atoms with E-state index in [1.807, 2.05) is 36.4 Å². The first-order valence-electron chi connectivity index (χ1n) is 8.72. The van der Waals surface area contributed by atoms with Crippen LogP contribution in [0.1, 0.15) is 23.0 Å². The van der Waals surface area contributed by atoms with Gasteiger partial charge in [-0.15, -0.1) is 0 Å². The van der Waals surface area contributed by atoms with Crippen LogP contribution in [-0.2, 0) is 4.79 Å². The van der Waals surface area contributed by atoms with Crippen molar-refractivity contribution in [1.29, 1.82) is 0 Å². The Morgan fingerprint density at radius 2 is 1.75 bits per heavy atom. The Labute approximate surface area is 160 Å². The second-order valence-electron chi connectivity index (χ2n) is 6.31. The number of rotatable bonds is 4. The molecule has 0 unspecified atom stereocenters. The molecule has 0 bridgehead atoms. The summed E-state index contributed by atoms with van der Waals surface area (Å²) >= 11 is 0. The van der Waals surface area contributed by atoms with Crippen LogP contribution in [0.3, 0.4) is 0 Å². The fourth-order valence-electron chi connectivity index (χ4n) is 2.98. The van der Waals surface area contributed by atoms with Crippen molar-refractivity contribution in [3.63, 3.8) is 0 Å². The molecule has 0 fully saturated rings. The van der Waals surface area contributed by atoms with Gasteiger partial charge in [-0.05, 0) is 40.6 Å². The van der Waals surface area contributed by atoms with Crippen molar-refractivity contribution in [3.8, 4) is 0 Å². The highest BCUT2D eigenvalue weighted by Gasteiger charge is 2.13. The van der Waals surface area contributed by atoms with E-state index in [-0.39, 0.29) is 11.7 Å². The Kier molecular flexibility index (Phi) is 4.60. The predicted molar refractivity (Wildman–Crippen MR) is 110 cm³/mol. The molecule has 0 saturated carbocycles. The number of nitrogens with zero attached hydrogens (tertiary/aromatic N) is 1. The molecule has 0 saturated heterocycles. The molecule has 4 rings (SSSR count). The average Bonchev–Trinajstić information content (AvgIpc) is 3.14. The van der Waals surface area contributed by atoms with Gasteiger partial charge in [0.05, 0.1) is 6.21 Å². The third kappa shape index (κ3) is 3.61. The van der Waals surface area contributed by atoms with E-state index in [0.717, 1.165) is 21.7 Å². The third-order valence-corrected chi connectivity index (χ3v) is 4.26. The first-order chi connectivity index (χ1) is 13.6. The van der Waals surface area contributed by atoms with Gasteiger partial charge < -0.3 is 9.73 Å². The van der Waals surface area contributed by atoms with Crippen LogP contribution in [-0.4, -0.2) is 18.0 Å². The molecule has 28 heavy (non-hydrogen) atoms. The van der Waals surface area contributed by atoms with Gasteiger partial charge >= 0.3 is 5.91 Å². The molecule has 0 spiro atoms. The molecule has 3 aromatic carbocycles. The number of furan rings is 1. The van der Waals surface area contributed by atoms with Gasteiger partial charge in [0.1, 0.15) is 5.58 Å². The van der Waals surface area contributed by atoms with Crippen molar-refractivity contribution >= 4 is 45.5 Å². The largest absolute Gasteiger partial charge is 0.451 e. The summed E-state index contributed by atoms with van der Waals surface area (Å²) < 4.78 is 5.67. The van der Waals surface area contributed by atoms with Crippen molar-refractivity contribution in [1.82, 2.24) is 5.43 Å². The van der Waals surface area contributed by atoms with Crippen molar-refractivity contribution in [2.75, 3.05) is 5.32 Å². The molecule has 6 nitrogen and oxygen atoms in total. The molecule has 0 atom stereocenters. The molecule has 138 valence electrons. The van der Waals surface area contributed by atoms with Gasteiger partial charge in [0.25, 0.3) is 0 Å². The lowest BCUT2D eigenvalue weighted by Gasteiger charge is -2.01. The molecule has 0 aliphatic rings. The summed E-state index contributed by atoms with van der Waals surface area (Å²) in [6.07, 6.45) is 1.52. The minimum absolute atomic E-state index is 0.132. The van der Waals surface area contributed by atoms with Crippen LogP contribution in [0.15, 0.2) is 76.2 Å². The van der Waals surface area contributed by atoms with E-state index in [4.69, 9.17) is 4.42 Å². The summed E-state index contributed by atoms with van der Waals surface area (Å²) in [5, 5.41) is 9.67. The van der Waals surface area contributed by atoms with E-state index in [1.54, 1.807) is 30.3 Å². The summed E-state index contributed by atoms with van der Waals surface area (Å²) in [5.74, 6) is -0.358. The van der Waals surface area contributed by atoms with Gasteiger partial charge in [-0.3, -0.25) is 9.59 Å². The number of carbonyl (C=O) groups excluding carboxylic acids is 2. The third-order valence-electron chi connectivity index (χ3n) is 4.26. The number of hydrogen-bond donors (Lipinski definition) is 2. The Morgan fingerprint density at radius 3 is 2.54 bits per heavy atom. The van der Waals surface area contributed by atoms with Crippen LogP contribution in [0, 0.1) is 0 Å². The number of carbonyl (C=O) groups is 2. The number of anilines is 1. The quantitative estimate of drug-likeness (QED) is 0.414. The summed E-state index contributed by atoms with van der Waals surface area (Å²) in [5.41, 5.74) is 4.60. The highest BCUT2D eigenvalue weighted by atomic mass is 16.3. The normalized spacial score (nSPS) is 11.2. The highest BCUT2D eigenvalue weighted by Crippen LogP contribution is 2.28. The Hall–Kier alpha value is -3.93. The fraction of sp³-hybridized carbons (Fsp3) is 0.0455. The molecule has 1 heterocycles. The van der Waals surface area contributed by atoms with Crippen LogP contribution in [0.4, 0.5) is 5.69 Å². The van der Waals surface area contributed by atoms with Crippen molar-refractivity contribution in [2.45, 2.75) is 6.92 Å². The van der Waals surface area contributed by atoms with Crippen LogP contribution >= 0.6 is 0 Å². The SMILES string of the molecule is CC(=O)Nc1ccc(/C=N/NC(=O)c2cc3c(ccc4ccccc43)o2)cc1. The molecule has 2 N–H and O–H groups in total. The number of hydrazone groups is 1. The molecule has 2 amide bonds. The van der Waals surface area contributed by atoms with Gasteiger partial charge in [-0.1, -0.05) is 42.5 Å². The van der Waals surface area contributed by atoms with Crippen LogP contribution in [0.25, 0.3) is 21.7 Å². The monoisotopic (exact) mass is 371 g/mol. The lowest BCUT2D eigenvalue weighted by atomic mass is 10.1. The molecular formula is C22H17N3O3. The van der Waals surface area contributed by atoms with E-state index >= 15 is 0 Å². The van der Waals surface area contributed by atoms with E-state index < -0.39 is 5.91 Å².